The predicted molar refractivity (Wildman–Crippen MR) is 63.2 cm³/mol. The van der Waals surface area contributed by atoms with Crippen LogP contribution >= 0.6 is 0 Å². The number of nitrogens with zero attached hydrogens (tertiary/aromatic N) is 1. The topological polar surface area (TPSA) is 23.4 Å². The lowest BCUT2D eigenvalue weighted by Gasteiger charge is -2.20. The SMILES string of the molecule is CC(C)OB(OC(C)C)c1cccn1C. The summed E-state index contributed by atoms with van der Waals surface area (Å²) in [7, 11) is 1.72. The van der Waals surface area contributed by atoms with Crippen LogP contribution in [0.1, 0.15) is 27.7 Å². The lowest BCUT2D eigenvalue weighted by molar-refractivity contribution is 0.138. The first kappa shape index (κ1) is 12.3. The van der Waals surface area contributed by atoms with Crippen LogP contribution in [0, 0.1) is 0 Å². The molecule has 1 aromatic rings. The van der Waals surface area contributed by atoms with Crippen LogP contribution in [0.4, 0.5) is 0 Å². The van der Waals surface area contributed by atoms with E-state index in [4.69, 9.17) is 9.31 Å². The fourth-order valence-corrected chi connectivity index (χ4v) is 1.39. The third-order valence-corrected chi connectivity index (χ3v) is 2.02. The van der Waals surface area contributed by atoms with Crippen molar-refractivity contribution in [1.29, 1.82) is 0 Å². The molecule has 0 bridgehead atoms. The monoisotopic (exact) mass is 209 g/mol. The third kappa shape index (κ3) is 3.72. The van der Waals surface area contributed by atoms with Crippen molar-refractivity contribution in [2.45, 2.75) is 39.9 Å². The summed E-state index contributed by atoms with van der Waals surface area (Å²) < 4.78 is 13.5. The summed E-state index contributed by atoms with van der Waals surface area (Å²) in [5.74, 6) is 0. The van der Waals surface area contributed by atoms with Crippen molar-refractivity contribution >= 4 is 12.7 Å². The lowest BCUT2D eigenvalue weighted by atomic mass is 9.83. The van der Waals surface area contributed by atoms with E-state index in [0.29, 0.717) is 0 Å². The van der Waals surface area contributed by atoms with Crippen molar-refractivity contribution in [1.82, 2.24) is 4.57 Å². The Morgan fingerprint density at radius 2 is 1.67 bits per heavy atom. The van der Waals surface area contributed by atoms with E-state index >= 15 is 0 Å². The van der Waals surface area contributed by atoms with E-state index in [-0.39, 0.29) is 19.3 Å². The Bertz CT molecular complexity index is 287. The molecule has 3 nitrogen and oxygen atoms in total. The van der Waals surface area contributed by atoms with Crippen LogP contribution in [0.5, 0.6) is 0 Å². The Morgan fingerprint density at radius 3 is 2.00 bits per heavy atom. The number of hydrogen-bond donors (Lipinski definition) is 0. The molecule has 84 valence electrons. The van der Waals surface area contributed by atoms with Crippen LogP contribution < -0.4 is 5.59 Å². The van der Waals surface area contributed by atoms with Gasteiger partial charge in [0.25, 0.3) is 0 Å². The molecule has 0 N–H and O–H groups in total. The molecule has 0 atom stereocenters. The molecule has 0 aromatic carbocycles. The molecular formula is C11H20BNO2. The highest BCUT2D eigenvalue weighted by molar-refractivity contribution is 6.60. The Balaban J connectivity index is 2.76. The summed E-state index contributed by atoms with van der Waals surface area (Å²) in [6.45, 7) is 8.05. The zero-order chi connectivity index (χ0) is 11.4. The van der Waals surface area contributed by atoms with Gasteiger partial charge in [-0.1, -0.05) is 0 Å². The molecular weight excluding hydrogens is 189 g/mol. The molecule has 1 aromatic heterocycles. The second-order valence-electron chi connectivity index (χ2n) is 4.25. The number of rotatable bonds is 5. The van der Waals surface area contributed by atoms with Crippen molar-refractivity contribution in [3.05, 3.63) is 18.3 Å². The second kappa shape index (κ2) is 5.38. The van der Waals surface area contributed by atoms with Crippen LogP contribution in [0.25, 0.3) is 0 Å². The maximum atomic E-state index is 5.74. The van der Waals surface area contributed by atoms with E-state index in [2.05, 4.69) is 0 Å². The van der Waals surface area contributed by atoms with Gasteiger partial charge in [0.15, 0.2) is 0 Å². The minimum absolute atomic E-state index is 0.156. The minimum Gasteiger partial charge on any atom is -0.404 e. The van der Waals surface area contributed by atoms with E-state index in [1.54, 1.807) is 0 Å². The Hall–Kier alpha value is -0.735. The minimum atomic E-state index is -0.273. The van der Waals surface area contributed by atoms with E-state index in [1.807, 2.05) is 57.6 Å². The lowest BCUT2D eigenvalue weighted by Crippen LogP contribution is -2.43. The Morgan fingerprint density at radius 1 is 1.13 bits per heavy atom. The summed E-state index contributed by atoms with van der Waals surface area (Å²) in [6.07, 6.45) is 2.31. The van der Waals surface area contributed by atoms with Crippen LogP contribution in [0.2, 0.25) is 0 Å². The van der Waals surface area contributed by atoms with Gasteiger partial charge in [-0.2, -0.15) is 0 Å². The molecule has 15 heavy (non-hydrogen) atoms. The highest BCUT2D eigenvalue weighted by Crippen LogP contribution is 2.01. The Kier molecular flexibility index (Phi) is 4.42. The molecule has 0 spiro atoms. The van der Waals surface area contributed by atoms with Crippen molar-refractivity contribution in [2.24, 2.45) is 7.05 Å². The maximum Gasteiger partial charge on any atom is 0.511 e. The van der Waals surface area contributed by atoms with Gasteiger partial charge in [-0.3, -0.25) is 0 Å². The van der Waals surface area contributed by atoms with Crippen LogP contribution in [-0.4, -0.2) is 23.9 Å². The molecule has 0 aliphatic heterocycles. The van der Waals surface area contributed by atoms with Crippen LogP contribution in [-0.2, 0) is 16.4 Å². The summed E-state index contributed by atoms with van der Waals surface area (Å²) in [5.41, 5.74) is 1.05. The highest BCUT2D eigenvalue weighted by Gasteiger charge is 2.26. The predicted octanol–water partition coefficient (Wildman–Crippen LogP) is 1.57. The average molecular weight is 209 g/mol. The van der Waals surface area contributed by atoms with Crippen molar-refractivity contribution < 1.29 is 9.31 Å². The third-order valence-electron chi connectivity index (χ3n) is 2.02. The van der Waals surface area contributed by atoms with Gasteiger partial charge in [-0.05, 0) is 39.8 Å². The van der Waals surface area contributed by atoms with E-state index in [9.17, 15) is 0 Å². The quantitative estimate of drug-likeness (QED) is 0.687. The first-order chi connectivity index (χ1) is 7.00. The van der Waals surface area contributed by atoms with Gasteiger partial charge in [-0.15, -0.1) is 0 Å². The van der Waals surface area contributed by atoms with Crippen molar-refractivity contribution in [2.75, 3.05) is 0 Å². The largest absolute Gasteiger partial charge is 0.511 e. The highest BCUT2D eigenvalue weighted by atomic mass is 16.6. The summed E-state index contributed by atoms with van der Waals surface area (Å²) in [4.78, 5) is 0. The molecule has 0 aliphatic rings. The molecule has 1 rings (SSSR count). The molecule has 4 heteroatoms. The van der Waals surface area contributed by atoms with Crippen molar-refractivity contribution in [3.63, 3.8) is 0 Å². The maximum absolute atomic E-state index is 5.74. The van der Waals surface area contributed by atoms with Gasteiger partial charge in [0.1, 0.15) is 0 Å². The van der Waals surface area contributed by atoms with Gasteiger partial charge in [0, 0.05) is 31.0 Å². The van der Waals surface area contributed by atoms with E-state index in [0.717, 1.165) is 5.59 Å². The first-order valence-corrected chi connectivity index (χ1v) is 5.43. The molecule has 1 heterocycles. The zero-order valence-corrected chi connectivity index (χ0v) is 10.2. The van der Waals surface area contributed by atoms with Crippen molar-refractivity contribution in [3.8, 4) is 0 Å². The second-order valence-corrected chi connectivity index (χ2v) is 4.25. The normalized spacial score (nSPS) is 11.4. The molecule has 0 fully saturated rings. The number of hydrogen-bond acceptors (Lipinski definition) is 2. The Labute approximate surface area is 92.5 Å². The van der Waals surface area contributed by atoms with Gasteiger partial charge >= 0.3 is 7.12 Å². The van der Waals surface area contributed by atoms with Gasteiger partial charge in [-0.25, -0.2) is 0 Å². The molecule has 0 unspecified atom stereocenters. The molecule has 0 saturated carbocycles. The average Bonchev–Trinajstić information content (AvgIpc) is 2.48. The van der Waals surface area contributed by atoms with Gasteiger partial charge < -0.3 is 13.9 Å². The van der Waals surface area contributed by atoms with Crippen LogP contribution in [0.15, 0.2) is 18.3 Å². The fraction of sp³-hybridized carbons (Fsp3) is 0.636. The smallest absolute Gasteiger partial charge is 0.404 e. The zero-order valence-electron chi connectivity index (χ0n) is 10.2. The molecule has 0 saturated heterocycles. The number of aromatic nitrogens is 1. The fourth-order valence-electron chi connectivity index (χ4n) is 1.39. The van der Waals surface area contributed by atoms with Gasteiger partial charge in [0.05, 0.1) is 0 Å². The molecule has 0 radical (unpaired) electrons. The van der Waals surface area contributed by atoms with Crippen LogP contribution in [0.3, 0.4) is 0 Å². The summed E-state index contributed by atoms with van der Waals surface area (Å²) >= 11 is 0. The summed E-state index contributed by atoms with van der Waals surface area (Å²) in [5, 5.41) is 0. The van der Waals surface area contributed by atoms with E-state index in [1.165, 1.54) is 0 Å². The number of aryl methyl sites for hydroxylation is 1. The standard InChI is InChI=1S/C11H20BNO2/c1-9(2)14-12(15-10(3)4)11-7-6-8-13(11)5/h6-10H,1-5H3. The van der Waals surface area contributed by atoms with E-state index < -0.39 is 0 Å². The first-order valence-electron chi connectivity index (χ1n) is 5.43. The summed E-state index contributed by atoms with van der Waals surface area (Å²) in [6, 6.07) is 4.02. The molecule has 0 aliphatic carbocycles. The molecule has 0 amide bonds. The van der Waals surface area contributed by atoms with Gasteiger partial charge in [0.2, 0.25) is 0 Å².